The lowest BCUT2D eigenvalue weighted by molar-refractivity contribution is -0.137. The molecule has 3 unspecified atom stereocenters. The van der Waals surface area contributed by atoms with Crippen LogP contribution in [0.4, 0.5) is 0 Å². The maximum absolute atomic E-state index is 12.5. The number of phenols is 1. The fourth-order valence-electron chi connectivity index (χ4n) is 5.77. The topological polar surface area (TPSA) is 121 Å². The monoisotopic (exact) mass is 512 g/mol. The van der Waals surface area contributed by atoms with Gasteiger partial charge in [-0.2, -0.15) is 0 Å². The van der Waals surface area contributed by atoms with Gasteiger partial charge in [0.25, 0.3) is 0 Å². The van der Waals surface area contributed by atoms with Crippen molar-refractivity contribution in [3.05, 3.63) is 29.8 Å². The van der Waals surface area contributed by atoms with E-state index in [0.717, 1.165) is 32.5 Å². The number of halogens is 1. The highest BCUT2D eigenvalue weighted by molar-refractivity contribution is 5.85. The molecular weight excluding hydrogens is 468 g/mol. The average molecular weight is 513 g/mol. The largest absolute Gasteiger partial charge is 0.508 e. The number of piperidine rings is 1. The van der Waals surface area contributed by atoms with Crippen molar-refractivity contribution in [2.75, 3.05) is 19.6 Å². The number of hydrogen-bond donors (Lipinski definition) is 3. The molecule has 8 heteroatoms. The maximum atomic E-state index is 12.5. The molecule has 1 aliphatic carbocycles. The molecule has 2 aliphatic rings. The molecule has 1 heterocycles. The summed E-state index contributed by atoms with van der Waals surface area (Å²) in [6, 6.07) is 7.88. The zero-order valence-corrected chi connectivity index (χ0v) is 22.1. The lowest BCUT2D eigenvalue weighted by Crippen LogP contribution is -2.49. The minimum Gasteiger partial charge on any atom is -0.508 e. The van der Waals surface area contributed by atoms with Gasteiger partial charge < -0.3 is 25.9 Å². The van der Waals surface area contributed by atoms with Gasteiger partial charge in [-0.3, -0.25) is 9.59 Å². The Morgan fingerprint density at radius 2 is 1.91 bits per heavy atom. The summed E-state index contributed by atoms with van der Waals surface area (Å²) in [6.07, 6.45) is 8.83. The SMILES string of the molecule is CC1CN(CCC(NC(=O)CCCC(=O)O)C2CCCCC2)CCC1(C)c1cccc(O)c1.Cl.O. The molecule has 3 atom stereocenters. The number of rotatable bonds is 10. The van der Waals surface area contributed by atoms with Crippen LogP contribution in [0.3, 0.4) is 0 Å². The van der Waals surface area contributed by atoms with Gasteiger partial charge in [0.05, 0.1) is 0 Å². The van der Waals surface area contributed by atoms with Crippen LogP contribution in [0, 0.1) is 11.8 Å². The quantitative estimate of drug-likeness (QED) is 0.431. The molecule has 0 aromatic heterocycles. The van der Waals surface area contributed by atoms with E-state index in [1.165, 1.54) is 37.7 Å². The van der Waals surface area contributed by atoms with Crippen molar-refractivity contribution in [1.29, 1.82) is 0 Å². The van der Waals surface area contributed by atoms with Crippen LogP contribution in [-0.2, 0) is 15.0 Å². The predicted molar refractivity (Wildman–Crippen MR) is 141 cm³/mol. The number of nitrogens with one attached hydrogen (secondary N) is 1. The molecule has 0 bridgehead atoms. The Labute approximate surface area is 216 Å². The molecule has 2 fully saturated rings. The van der Waals surface area contributed by atoms with Crippen LogP contribution in [0.1, 0.15) is 83.6 Å². The zero-order valence-electron chi connectivity index (χ0n) is 21.3. The van der Waals surface area contributed by atoms with Gasteiger partial charge in [-0.25, -0.2) is 0 Å². The number of amides is 1. The van der Waals surface area contributed by atoms with Crippen LogP contribution >= 0.6 is 12.4 Å². The van der Waals surface area contributed by atoms with Crippen molar-refractivity contribution < 1.29 is 25.3 Å². The molecule has 200 valence electrons. The van der Waals surface area contributed by atoms with Crippen LogP contribution in [-0.4, -0.2) is 58.1 Å². The molecule has 7 nitrogen and oxygen atoms in total. The van der Waals surface area contributed by atoms with Gasteiger partial charge in [0.15, 0.2) is 0 Å². The third-order valence-electron chi connectivity index (χ3n) is 8.19. The third-order valence-corrected chi connectivity index (χ3v) is 8.19. The van der Waals surface area contributed by atoms with Gasteiger partial charge >= 0.3 is 5.97 Å². The fourth-order valence-corrected chi connectivity index (χ4v) is 5.77. The molecule has 0 spiro atoms. The number of carbonyl (C=O) groups is 2. The Balaban J connectivity index is 0.00000306. The Morgan fingerprint density at radius 3 is 2.54 bits per heavy atom. The van der Waals surface area contributed by atoms with Crippen molar-refractivity contribution in [2.24, 2.45) is 11.8 Å². The number of aromatic hydroxyl groups is 1. The highest BCUT2D eigenvalue weighted by atomic mass is 35.5. The van der Waals surface area contributed by atoms with E-state index < -0.39 is 5.97 Å². The highest BCUT2D eigenvalue weighted by Crippen LogP contribution is 2.40. The van der Waals surface area contributed by atoms with Crippen LogP contribution in [0.25, 0.3) is 0 Å². The molecule has 35 heavy (non-hydrogen) atoms. The van der Waals surface area contributed by atoms with Crippen LogP contribution < -0.4 is 5.32 Å². The summed E-state index contributed by atoms with van der Waals surface area (Å²) < 4.78 is 0. The van der Waals surface area contributed by atoms with Gasteiger partial charge in [0, 0.05) is 32.0 Å². The zero-order chi connectivity index (χ0) is 23.8. The Hall–Kier alpha value is -1.83. The fraction of sp³-hybridized carbons (Fsp3) is 0.704. The average Bonchev–Trinajstić information content (AvgIpc) is 2.79. The maximum Gasteiger partial charge on any atom is 0.303 e. The molecule has 1 saturated carbocycles. The molecule has 1 aliphatic heterocycles. The summed E-state index contributed by atoms with van der Waals surface area (Å²) >= 11 is 0. The number of nitrogens with zero attached hydrogens (tertiary/aromatic N) is 1. The molecule has 1 amide bonds. The van der Waals surface area contributed by atoms with Gasteiger partial charge in [0.1, 0.15) is 5.75 Å². The number of likely N-dealkylation sites (tertiary alicyclic amines) is 1. The summed E-state index contributed by atoms with van der Waals surface area (Å²) in [6.45, 7) is 7.61. The first-order chi connectivity index (χ1) is 15.8. The van der Waals surface area contributed by atoms with Crippen LogP contribution in [0.15, 0.2) is 24.3 Å². The second-order valence-corrected chi connectivity index (χ2v) is 10.5. The van der Waals surface area contributed by atoms with E-state index in [-0.39, 0.29) is 41.7 Å². The van der Waals surface area contributed by atoms with Crippen molar-refractivity contribution in [3.63, 3.8) is 0 Å². The molecular formula is C27H45ClN2O5. The molecule has 1 aromatic carbocycles. The number of hydrogen-bond acceptors (Lipinski definition) is 4. The minimum atomic E-state index is -0.844. The van der Waals surface area contributed by atoms with Crippen molar-refractivity contribution in [3.8, 4) is 5.75 Å². The van der Waals surface area contributed by atoms with Gasteiger partial charge in [0.2, 0.25) is 5.91 Å². The van der Waals surface area contributed by atoms with E-state index >= 15 is 0 Å². The van der Waals surface area contributed by atoms with Crippen LogP contribution in [0.2, 0.25) is 0 Å². The second kappa shape index (κ2) is 14.7. The van der Waals surface area contributed by atoms with Crippen LogP contribution in [0.5, 0.6) is 5.75 Å². The van der Waals surface area contributed by atoms with Crippen molar-refractivity contribution in [1.82, 2.24) is 10.2 Å². The van der Waals surface area contributed by atoms with Gasteiger partial charge in [-0.15, -0.1) is 12.4 Å². The third kappa shape index (κ3) is 8.96. The van der Waals surface area contributed by atoms with E-state index in [1.807, 2.05) is 12.1 Å². The van der Waals surface area contributed by atoms with E-state index in [0.29, 0.717) is 30.4 Å². The number of aliphatic carboxylic acids is 1. The lowest BCUT2D eigenvalue weighted by atomic mass is 9.68. The van der Waals surface area contributed by atoms with Gasteiger partial charge in [-0.05, 0) is 73.6 Å². The second-order valence-electron chi connectivity index (χ2n) is 10.5. The van der Waals surface area contributed by atoms with E-state index in [4.69, 9.17) is 5.11 Å². The number of phenolic OH excluding ortho intramolecular Hbond substituents is 1. The Morgan fingerprint density at radius 1 is 1.20 bits per heavy atom. The number of carbonyl (C=O) groups excluding carboxylic acids is 1. The Bertz CT molecular complexity index is 802. The standard InChI is InChI=1S/C27H42N2O4.ClH.H2O/c1-20-19-29(17-15-27(20,2)22-10-6-11-23(30)18-22)16-14-24(21-8-4-3-5-9-21)28-25(31)12-7-13-26(32)33;;/h6,10-11,18,20-21,24,30H,3-5,7-9,12-17,19H2,1-2H3,(H,28,31)(H,32,33);1H;1H2. The molecule has 5 N–H and O–H groups in total. The van der Waals surface area contributed by atoms with Crippen molar-refractivity contribution >= 4 is 24.3 Å². The summed E-state index contributed by atoms with van der Waals surface area (Å²) in [7, 11) is 0. The first-order valence-corrected chi connectivity index (χ1v) is 12.8. The highest BCUT2D eigenvalue weighted by Gasteiger charge is 2.38. The smallest absolute Gasteiger partial charge is 0.303 e. The summed E-state index contributed by atoms with van der Waals surface area (Å²) in [5, 5.41) is 22.1. The summed E-state index contributed by atoms with van der Waals surface area (Å²) in [5.74, 6) is 0.477. The first-order valence-electron chi connectivity index (χ1n) is 12.8. The minimum absolute atomic E-state index is 0. The molecule has 1 aromatic rings. The summed E-state index contributed by atoms with van der Waals surface area (Å²) in [5.41, 5.74) is 1.26. The van der Waals surface area contributed by atoms with E-state index in [9.17, 15) is 14.7 Å². The molecule has 3 rings (SSSR count). The number of carboxylic acid groups (broad SMARTS) is 1. The van der Waals surface area contributed by atoms with E-state index in [1.54, 1.807) is 6.07 Å². The number of carboxylic acids is 1. The molecule has 0 radical (unpaired) electrons. The summed E-state index contributed by atoms with van der Waals surface area (Å²) in [4.78, 5) is 25.8. The van der Waals surface area contributed by atoms with E-state index in [2.05, 4.69) is 30.1 Å². The normalized spacial score (nSPS) is 24.0. The number of benzene rings is 1. The van der Waals surface area contributed by atoms with Gasteiger partial charge in [-0.1, -0.05) is 45.2 Å². The Kier molecular flexibility index (Phi) is 13.1. The first kappa shape index (κ1) is 31.2. The van der Waals surface area contributed by atoms with Crippen molar-refractivity contribution in [2.45, 2.75) is 89.5 Å². The predicted octanol–water partition coefficient (Wildman–Crippen LogP) is 4.30. The molecule has 1 saturated heterocycles. The lowest BCUT2D eigenvalue weighted by Gasteiger charge is -2.45.